The standard InChI is InChI=1S/C15H16BrNO4/c1-3-4-12(15(19)20)17-14(18)8-5-10-9-11(16)6-7-13(10)21-2/h3,5-9,12H,1,4H2,2H3,(H,17,18)(H,19,20)/b8-5+. The number of nitrogens with one attached hydrogen (secondary N) is 1. The van der Waals surface area contributed by atoms with E-state index < -0.39 is 17.9 Å². The molecule has 5 nitrogen and oxygen atoms in total. The summed E-state index contributed by atoms with van der Waals surface area (Å²) in [6.07, 6.45) is 4.43. The molecule has 0 aliphatic carbocycles. The first-order chi connectivity index (χ1) is 9.97. The molecule has 112 valence electrons. The number of carboxylic acids is 1. The maximum Gasteiger partial charge on any atom is 0.326 e. The molecule has 6 heteroatoms. The first-order valence-electron chi connectivity index (χ1n) is 6.13. The first-order valence-corrected chi connectivity index (χ1v) is 6.93. The van der Waals surface area contributed by atoms with Crippen molar-refractivity contribution in [3.63, 3.8) is 0 Å². The van der Waals surface area contributed by atoms with Crippen molar-refractivity contribution >= 4 is 33.9 Å². The van der Waals surface area contributed by atoms with Gasteiger partial charge in [0.05, 0.1) is 7.11 Å². The van der Waals surface area contributed by atoms with E-state index in [1.807, 2.05) is 6.07 Å². The Labute approximate surface area is 131 Å². The molecule has 1 aromatic rings. The Balaban J connectivity index is 2.80. The zero-order valence-corrected chi connectivity index (χ0v) is 13.1. The van der Waals surface area contributed by atoms with Gasteiger partial charge >= 0.3 is 5.97 Å². The van der Waals surface area contributed by atoms with Gasteiger partial charge in [0.2, 0.25) is 5.91 Å². The SMILES string of the molecule is C=CCC(NC(=O)/C=C/c1cc(Br)ccc1OC)C(=O)O. The number of carbonyl (C=O) groups excluding carboxylic acids is 1. The summed E-state index contributed by atoms with van der Waals surface area (Å²) in [5.41, 5.74) is 0.706. The molecule has 0 saturated heterocycles. The zero-order chi connectivity index (χ0) is 15.8. The second-order valence-corrected chi connectivity index (χ2v) is 5.06. The van der Waals surface area contributed by atoms with E-state index in [4.69, 9.17) is 9.84 Å². The van der Waals surface area contributed by atoms with Crippen LogP contribution in [0.15, 0.2) is 41.4 Å². The number of halogens is 1. The van der Waals surface area contributed by atoms with Gasteiger partial charge in [-0.3, -0.25) is 4.79 Å². The van der Waals surface area contributed by atoms with Crippen LogP contribution in [-0.2, 0) is 9.59 Å². The summed E-state index contributed by atoms with van der Waals surface area (Å²) in [5.74, 6) is -0.980. The number of carboxylic acid groups (broad SMARTS) is 1. The molecule has 1 amide bonds. The van der Waals surface area contributed by atoms with E-state index >= 15 is 0 Å². The van der Waals surface area contributed by atoms with Crippen molar-refractivity contribution in [2.75, 3.05) is 7.11 Å². The average molecular weight is 354 g/mol. The van der Waals surface area contributed by atoms with E-state index in [0.29, 0.717) is 11.3 Å². The summed E-state index contributed by atoms with van der Waals surface area (Å²) < 4.78 is 6.03. The van der Waals surface area contributed by atoms with Crippen molar-refractivity contribution in [1.82, 2.24) is 5.32 Å². The molecule has 1 rings (SSSR count). The van der Waals surface area contributed by atoms with Crippen molar-refractivity contribution in [3.05, 3.63) is 47.0 Å². The molecule has 0 heterocycles. The van der Waals surface area contributed by atoms with Crippen LogP contribution < -0.4 is 10.1 Å². The van der Waals surface area contributed by atoms with Gasteiger partial charge in [0.1, 0.15) is 11.8 Å². The topological polar surface area (TPSA) is 75.6 Å². The molecule has 0 aliphatic rings. The summed E-state index contributed by atoms with van der Waals surface area (Å²) >= 11 is 3.33. The molecule has 0 saturated carbocycles. The highest BCUT2D eigenvalue weighted by molar-refractivity contribution is 9.10. The van der Waals surface area contributed by atoms with Gasteiger partial charge in [-0.05, 0) is 30.7 Å². The number of benzene rings is 1. The smallest absolute Gasteiger partial charge is 0.326 e. The molecule has 21 heavy (non-hydrogen) atoms. The Hall–Kier alpha value is -2.08. The van der Waals surface area contributed by atoms with Gasteiger partial charge < -0.3 is 15.2 Å². The minimum Gasteiger partial charge on any atom is -0.496 e. The van der Waals surface area contributed by atoms with Crippen LogP contribution in [0, 0.1) is 0 Å². The number of amides is 1. The fraction of sp³-hybridized carbons (Fsp3) is 0.200. The number of methoxy groups -OCH3 is 1. The Morgan fingerprint density at radius 2 is 2.24 bits per heavy atom. The zero-order valence-electron chi connectivity index (χ0n) is 11.5. The lowest BCUT2D eigenvalue weighted by molar-refractivity contribution is -0.141. The van der Waals surface area contributed by atoms with Crippen LogP contribution in [0.2, 0.25) is 0 Å². The van der Waals surface area contributed by atoms with Gasteiger partial charge in [-0.15, -0.1) is 6.58 Å². The van der Waals surface area contributed by atoms with E-state index in [-0.39, 0.29) is 6.42 Å². The van der Waals surface area contributed by atoms with Crippen LogP contribution in [-0.4, -0.2) is 30.1 Å². The largest absolute Gasteiger partial charge is 0.496 e. The molecule has 2 N–H and O–H groups in total. The lowest BCUT2D eigenvalue weighted by Crippen LogP contribution is -2.39. The van der Waals surface area contributed by atoms with Gasteiger partial charge in [0.25, 0.3) is 0 Å². The highest BCUT2D eigenvalue weighted by atomic mass is 79.9. The van der Waals surface area contributed by atoms with Crippen molar-refractivity contribution < 1.29 is 19.4 Å². The van der Waals surface area contributed by atoms with E-state index in [2.05, 4.69) is 27.8 Å². The Morgan fingerprint density at radius 3 is 2.81 bits per heavy atom. The molecular weight excluding hydrogens is 338 g/mol. The molecule has 1 aromatic carbocycles. The predicted octanol–water partition coefficient (Wildman–Crippen LogP) is 2.62. The third-order valence-corrected chi connectivity index (χ3v) is 3.12. The van der Waals surface area contributed by atoms with Gasteiger partial charge in [-0.1, -0.05) is 22.0 Å². The maximum absolute atomic E-state index is 11.7. The third-order valence-electron chi connectivity index (χ3n) is 2.62. The number of aliphatic carboxylic acids is 1. The molecule has 1 atom stereocenters. The van der Waals surface area contributed by atoms with Crippen molar-refractivity contribution in [2.45, 2.75) is 12.5 Å². The van der Waals surface area contributed by atoms with Crippen molar-refractivity contribution in [3.8, 4) is 5.75 Å². The van der Waals surface area contributed by atoms with Gasteiger partial charge in [0, 0.05) is 16.1 Å². The average Bonchev–Trinajstić information content (AvgIpc) is 2.44. The second kappa shape index (κ2) is 8.26. The number of hydrogen-bond donors (Lipinski definition) is 2. The number of hydrogen-bond acceptors (Lipinski definition) is 3. The fourth-order valence-corrected chi connectivity index (χ4v) is 1.99. The lowest BCUT2D eigenvalue weighted by atomic mass is 10.1. The van der Waals surface area contributed by atoms with Crippen LogP contribution in [0.3, 0.4) is 0 Å². The Kier molecular flexibility index (Phi) is 6.68. The van der Waals surface area contributed by atoms with Gasteiger partial charge in [-0.25, -0.2) is 4.79 Å². The van der Waals surface area contributed by atoms with Crippen molar-refractivity contribution in [1.29, 1.82) is 0 Å². The summed E-state index contributed by atoms with van der Waals surface area (Å²) in [6.45, 7) is 3.46. The third kappa shape index (κ3) is 5.43. The molecular formula is C15H16BrNO4. The molecule has 0 aliphatic heterocycles. The molecule has 0 fully saturated rings. The first kappa shape index (κ1) is 17.0. The van der Waals surface area contributed by atoms with Gasteiger partial charge in [0.15, 0.2) is 0 Å². The Bertz CT molecular complexity index is 569. The lowest BCUT2D eigenvalue weighted by Gasteiger charge is -2.10. The summed E-state index contributed by atoms with van der Waals surface area (Å²) in [5, 5.41) is 11.3. The Morgan fingerprint density at radius 1 is 1.52 bits per heavy atom. The molecule has 0 spiro atoms. The van der Waals surface area contributed by atoms with E-state index in [9.17, 15) is 9.59 Å². The van der Waals surface area contributed by atoms with Crippen LogP contribution in [0.5, 0.6) is 5.75 Å². The minimum atomic E-state index is -1.10. The van der Waals surface area contributed by atoms with Crippen LogP contribution in [0.4, 0.5) is 0 Å². The van der Waals surface area contributed by atoms with Crippen LogP contribution in [0.1, 0.15) is 12.0 Å². The highest BCUT2D eigenvalue weighted by Crippen LogP contribution is 2.23. The van der Waals surface area contributed by atoms with Crippen LogP contribution in [0.25, 0.3) is 6.08 Å². The molecule has 0 radical (unpaired) electrons. The quantitative estimate of drug-likeness (QED) is 0.583. The number of carbonyl (C=O) groups is 2. The summed E-state index contributed by atoms with van der Waals surface area (Å²) in [7, 11) is 1.53. The van der Waals surface area contributed by atoms with Crippen molar-refractivity contribution in [2.24, 2.45) is 0 Å². The van der Waals surface area contributed by atoms with Crippen LogP contribution >= 0.6 is 15.9 Å². The minimum absolute atomic E-state index is 0.162. The molecule has 0 bridgehead atoms. The summed E-state index contributed by atoms with van der Waals surface area (Å²) in [6, 6.07) is 4.39. The highest BCUT2D eigenvalue weighted by Gasteiger charge is 2.16. The normalized spacial score (nSPS) is 11.9. The second-order valence-electron chi connectivity index (χ2n) is 4.14. The fourth-order valence-electron chi connectivity index (χ4n) is 1.61. The molecule has 0 aromatic heterocycles. The van der Waals surface area contributed by atoms with E-state index in [1.165, 1.54) is 19.3 Å². The van der Waals surface area contributed by atoms with E-state index in [0.717, 1.165) is 4.47 Å². The number of rotatable bonds is 7. The summed E-state index contributed by atoms with van der Waals surface area (Å²) in [4.78, 5) is 22.7. The maximum atomic E-state index is 11.7. The van der Waals surface area contributed by atoms with Gasteiger partial charge in [-0.2, -0.15) is 0 Å². The number of ether oxygens (including phenoxy) is 1. The molecule has 1 unspecified atom stereocenters. The van der Waals surface area contributed by atoms with E-state index in [1.54, 1.807) is 18.2 Å². The monoisotopic (exact) mass is 353 g/mol. The predicted molar refractivity (Wildman–Crippen MR) is 84.1 cm³/mol.